The van der Waals surface area contributed by atoms with Gasteiger partial charge in [0.2, 0.25) is 0 Å². The molecule has 1 fully saturated rings. The monoisotopic (exact) mass is 443 g/mol. The Morgan fingerprint density at radius 3 is 2.56 bits per heavy atom. The zero-order valence-corrected chi connectivity index (χ0v) is 18.2. The third kappa shape index (κ3) is 5.44. The molecule has 0 bridgehead atoms. The minimum absolute atomic E-state index is 0.147. The molecule has 6 nitrogen and oxygen atoms in total. The molecule has 0 spiro atoms. The molecule has 0 aliphatic carbocycles. The highest BCUT2D eigenvalue weighted by atomic mass is 32.2. The van der Waals surface area contributed by atoms with Gasteiger partial charge in [-0.25, -0.2) is 0 Å². The Kier molecular flexibility index (Phi) is 6.67. The van der Waals surface area contributed by atoms with Gasteiger partial charge in [-0.3, -0.25) is 9.69 Å². The van der Waals surface area contributed by atoms with Gasteiger partial charge in [0, 0.05) is 0 Å². The van der Waals surface area contributed by atoms with Crippen molar-refractivity contribution in [3.63, 3.8) is 0 Å². The van der Waals surface area contributed by atoms with Crippen molar-refractivity contribution in [3.8, 4) is 5.75 Å². The maximum absolute atomic E-state index is 13.1. The molecule has 1 saturated heterocycles. The number of aromatic hydroxyl groups is 1. The number of benzene rings is 2. The van der Waals surface area contributed by atoms with Gasteiger partial charge in [0.25, 0.3) is 5.91 Å². The van der Waals surface area contributed by atoms with Crippen LogP contribution in [0.5, 0.6) is 5.75 Å². The second-order valence-corrected chi connectivity index (χ2v) is 8.11. The lowest BCUT2D eigenvalue weighted by molar-refractivity contribution is -0.122. The third-order valence-corrected chi connectivity index (χ3v) is 5.57. The number of phenols is 1. The number of furan rings is 1. The van der Waals surface area contributed by atoms with E-state index in [0.717, 1.165) is 16.7 Å². The smallest absolute Gasteiger partial charge is 0.267 e. The van der Waals surface area contributed by atoms with Gasteiger partial charge in [-0.05, 0) is 77.9 Å². The van der Waals surface area contributed by atoms with E-state index in [9.17, 15) is 9.90 Å². The van der Waals surface area contributed by atoms with Crippen molar-refractivity contribution in [2.24, 2.45) is 10.2 Å². The Morgan fingerprint density at radius 1 is 1.06 bits per heavy atom. The normalized spacial score (nSPS) is 17.2. The van der Waals surface area contributed by atoms with E-state index in [1.165, 1.54) is 11.8 Å². The molecule has 0 unspecified atom stereocenters. The number of hydrogen-bond acceptors (Lipinski definition) is 6. The number of phenolic OH excluding ortho intramolecular Hbond substituents is 1. The van der Waals surface area contributed by atoms with E-state index >= 15 is 0 Å². The number of amides is 1. The van der Waals surface area contributed by atoms with Crippen LogP contribution in [0.25, 0.3) is 6.08 Å². The number of carbonyl (C=O) groups excluding carboxylic acids is 1. The Bertz CT molecular complexity index is 1190. The summed E-state index contributed by atoms with van der Waals surface area (Å²) in [5.41, 5.74) is 2.81. The summed E-state index contributed by atoms with van der Waals surface area (Å²) in [7, 11) is 0. The highest BCUT2D eigenvalue weighted by molar-refractivity contribution is 8.18. The fourth-order valence-corrected chi connectivity index (χ4v) is 4.03. The summed E-state index contributed by atoms with van der Waals surface area (Å²) in [6, 6.07) is 20.2. The number of amidine groups is 1. The fourth-order valence-electron chi connectivity index (χ4n) is 3.05. The molecule has 0 atom stereocenters. The van der Waals surface area contributed by atoms with Crippen LogP contribution in [0.1, 0.15) is 23.8 Å². The summed E-state index contributed by atoms with van der Waals surface area (Å²) in [5, 5.41) is 18.3. The first-order valence-corrected chi connectivity index (χ1v) is 10.8. The van der Waals surface area contributed by atoms with E-state index in [0.29, 0.717) is 15.8 Å². The van der Waals surface area contributed by atoms with Crippen LogP contribution in [0.4, 0.5) is 0 Å². The lowest BCUT2D eigenvalue weighted by Gasteiger charge is -2.12. The van der Waals surface area contributed by atoms with Crippen molar-refractivity contribution in [3.05, 3.63) is 106 Å². The SMILES string of the molecule is CC(/C=C1\S/C(=N/N=C\c2ccc(O)cc2)N(Cc2ccco2)C1=O)=C\c1ccccc1. The number of thioether (sulfide) groups is 1. The molecule has 0 saturated carbocycles. The number of nitrogens with zero attached hydrogens (tertiary/aromatic N) is 3. The van der Waals surface area contributed by atoms with Crippen LogP contribution in [0.15, 0.2) is 104 Å². The molecule has 3 aromatic rings. The molecule has 2 heterocycles. The molecule has 4 rings (SSSR count). The molecule has 1 amide bonds. The zero-order chi connectivity index (χ0) is 22.3. The summed E-state index contributed by atoms with van der Waals surface area (Å²) in [6.07, 6.45) is 7.04. The van der Waals surface area contributed by atoms with Crippen molar-refractivity contribution >= 4 is 35.1 Å². The Hall–Kier alpha value is -3.84. The molecule has 32 heavy (non-hydrogen) atoms. The van der Waals surface area contributed by atoms with Crippen LogP contribution in [-0.2, 0) is 11.3 Å². The molecule has 1 N–H and O–H groups in total. The van der Waals surface area contributed by atoms with E-state index in [1.807, 2.05) is 55.5 Å². The first-order valence-electron chi connectivity index (χ1n) is 9.96. The van der Waals surface area contributed by atoms with Gasteiger partial charge in [0.15, 0.2) is 5.17 Å². The lowest BCUT2D eigenvalue weighted by atomic mass is 10.1. The quantitative estimate of drug-likeness (QED) is 0.313. The van der Waals surface area contributed by atoms with E-state index in [2.05, 4.69) is 10.2 Å². The van der Waals surface area contributed by atoms with Crippen LogP contribution >= 0.6 is 11.8 Å². The average molecular weight is 444 g/mol. The molecule has 1 aliphatic rings. The summed E-state index contributed by atoms with van der Waals surface area (Å²) in [5.74, 6) is 0.696. The van der Waals surface area contributed by atoms with Crippen LogP contribution in [0, 0.1) is 0 Å². The average Bonchev–Trinajstić information content (AvgIpc) is 3.40. The number of hydrogen-bond donors (Lipinski definition) is 1. The predicted octanol–water partition coefficient (Wildman–Crippen LogP) is 5.44. The molecule has 2 aromatic carbocycles. The molecule has 1 aliphatic heterocycles. The number of allylic oxidation sites excluding steroid dienone is 2. The van der Waals surface area contributed by atoms with Crippen molar-refractivity contribution in [1.29, 1.82) is 0 Å². The molecular weight excluding hydrogens is 422 g/mol. The second kappa shape index (κ2) is 9.98. The second-order valence-electron chi connectivity index (χ2n) is 7.10. The topological polar surface area (TPSA) is 78.4 Å². The van der Waals surface area contributed by atoms with E-state index in [1.54, 1.807) is 47.7 Å². The van der Waals surface area contributed by atoms with E-state index < -0.39 is 0 Å². The van der Waals surface area contributed by atoms with Gasteiger partial charge >= 0.3 is 0 Å². The van der Waals surface area contributed by atoms with Gasteiger partial charge < -0.3 is 9.52 Å². The van der Waals surface area contributed by atoms with Gasteiger partial charge in [-0.1, -0.05) is 36.4 Å². The summed E-state index contributed by atoms with van der Waals surface area (Å²) >= 11 is 1.28. The van der Waals surface area contributed by atoms with Crippen molar-refractivity contribution in [2.45, 2.75) is 13.5 Å². The first kappa shape index (κ1) is 21.4. The van der Waals surface area contributed by atoms with Crippen LogP contribution in [-0.4, -0.2) is 27.3 Å². The van der Waals surface area contributed by atoms with Crippen LogP contribution in [0.3, 0.4) is 0 Å². The van der Waals surface area contributed by atoms with E-state index in [-0.39, 0.29) is 18.2 Å². The number of rotatable bonds is 6. The van der Waals surface area contributed by atoms with Gasteiger partial charge in [-0.2, -0.15) is 5.10 Å². The highest BCUT2D eigenvalue weighted by Crippen LogP contribution is 2.33. The first-order chi connectivity index (χ1) is 15.6. The molecule has 1 aromatic heterocycles. The lowest BCUT2D eigenvalue weighted by Crippen LogP contribution is -2.28. The summed E-state index contributed by atoms with van der Waals surface area (Å²) in [4.78, 5) is 15.2. The minimum atomic E-state index is -0.147. The largest absolute Gasteiger partial charge is 0.508 e. The van der Waals surface area contributed by atoms with Gasteiger partial charge in [-0.15, -0.1) is 5.10 Å². The van der Waals surface area contributed by atoms with Crippen molar-refractivity contribution < 1.29 is 14.3 Å². The minimum Gasteiger partial charge on any atom is -0.508 e. The van der Waals surface area contributed by atoms with Crippen LogP contribution in [0.2, 0.25) is 0 Å². The summed E-state index contributed by atoms with van der Waals surface area (Å²) in [6.45, 7) is 2.23. The maximum atomic E-state index is 13.1. The molecular formula is C25H21N3O3S. The Morgan fingerprint density at radius 2 is 1.84 bits per heavy atom. The van der Waals surface area contributed by atoms with Gasteiger partial charge in [0.05, 0.1) is 23.9 Å². The van der Waals surface area contributed by atoms with Crippen LogP contribution < -0.4 is 0 Å². The maximum Gasteiger partial charge on any atom is 0.267 e. The molecule has 7 heteroatoms. The van der Waals surface area contributed by atoms with Crippen molar-refractivity contribution in [2.75, 3.05) is 0 Å². The zero-order valence-electron chi connectivity index (χ0n) is 17.4. The Labute approximate surface area is 190 Å². The predicted molar refractivity (Wildman–Crippen MR) is 128 cm³/mol. The number of carbonyl (C=O) groups is 1. The molecule has 0 radical (unpaired) electrons. The summed E-state index contributed by atoms with van der Waals surface area (Å²) < 4.78 is 5.42. The third-order valence-electron chi connectivity index (χ3n) is 4.58. The molecule has 160 valence electrons. The highest BCUT2D eigenvalue weighted by Gasteiger charge is 2.34. The fraction of sp³-hybridized carbons (Fsp3) is 0.0800. The van der Waals surface area contributed by atoms with Gasteiger partial charge in [0.1, 0.15) is 11.5 Å². The Balaban J connectivity index is 1.59. The van der Waals surface area contributed by atoms with E-state index in [4.69, 9.17) is 4.42 Å². The standard InChI is InChI=1S/C25H21N3O3S/c1-18(14-19-6-3-2-4-7-19)15-23-24(30)28(17-22-8-5-13-31-22)25(32-23)27-26-16-20-9-11-21(29)12-10-20/h2-16,29H,17H2,1H3/b18-14+,23-15-,26-16-,27-25+. The van der Waals surface area contributed by atoms with Crippen molar-refractivity contribution in [1.82, 2.24) is 4.90 Å².